The van der Waals surface area contributed by atoms with Crippen LogP contribution in [0.1, 0.15) is 29.5 Å². The molecule has 3 rings (SSSR count). The average molecular weight is 270 g/mol. The predicted octanol–water partition coefficient (Wildman–Crippen LogP) is 1.91. The number of hydrogen-bond acceptors (Lipinski definition) is 3. The topological polar surface area (TPSA) is 47.1 Å². The molecule has 20 heavy (non-hydrogen) atoms. The van der Waals surface area contributed by atoms with Crippen molar-refractivity contribution in [2.45, 2.75) is 18.4 Å². The minimum Gasteiger partial charge on any atom is -0.329 e. The lowest BCUT2D eigenvalue weighted by molar-refractivity contribution is 0.248. The second kappa shape index (κ2) is 5.77. The van der Waals surface area contributed by atoms with E-state index in [1.54, 1.807) is 0 Å². The van der Waals surface area contributed by atoms with Crippen LogP contribution >= 0.6 is 0 Å². The van der Waals surface area contributed by atoms with Crippen molar-refractivity contribution in [3.63, 3.8) is 0 Å². The number of aromatic nitrogens is 2. The molecule has 2 unspecified atom stereocenters. The van der Waals surface area contributed by atoms with Gasteiger partial charge in [-0.15, -0.1) is 0 Å². The highest BCUT2D eigenvalue weighted by Gasteiger charge is 2.29. The monoisotopic (exact) mass is 270 g/mol. The van der Waals surface area contributed by atoms with Crippen LogP contribution in [0, 0.1) is 0 Å². The summed E-state index contributed by atoms with van der Waals surface area (Å²) in [4.78, 5) is 2.49. The first-order valence-electron chi connectivity index (χ1n) is 7.25. The van der Waals surface area contributed by atoms with E-state index >= 15 is 0 Å². The fourth-order valence-electron chi connectivity index (χ4n) is 3.18. The third kappa shape index (κ3) is 2.62. The maximum absolute atomic E-state index is 6.00. The van der Waals surface area contributed by atoms with Crippen LogP contribution < -0.4 is 5.73 Å². The molecule has 1 aliphatic heterocycles. The van der Waals surface area contributed by atoms with Crippen LogP contribution in [0.4, 0.5) is 0 Å². The van der Waals surface area contributed by atoms with Gasteiger partial charge in [0, 0.05) is 31.9 Å². The van der Waals surface area contributed by atoms with Crippen molar-refractivity contribution in [1.82, 2.24) is 14.7 Å². The van der Waals surface area contributed by atoms with E-state index in [4.69, 9.17) is 5.73 Å². The van der Waals surface area contributed by atoms with E-state index in [-0.39, 0.29) is 6.04 Å². The Balaban J connectivity index is 1.72. The van der Waals surface area contributed by atoms with Gasteiger partial charge in [0.25, 0.3) is 0 Å². The molecule has 0 bridgehead atoms. The van der Waals surface area contributed by atoms with E-state index in [0.717, 1.165) is 13.1 Å². The molecule has 0 saturated carbocycles. The lowest BCUT2D eigenvalue weighted by atomic mass is 9.99. The maximum Gasteiger partial charge on any atom is 0.0538 e. The molecular formula is C16H22N4. The van der Waals surface area contributed by atoms with E-state index in [0.29, 0.717) is 12.5 Å². The third-order valence-corrected chi connectivity index (χ3v) is 4.26. The van der Waals surface area contributed by atoms with Gasteiger partial charge in [-0.05, 0) is 24.4 Å². The van der Waals surface area contributed by atoms with Crippen LogP contribution in [0.5, 0.6) is 0 Å². The molecule has 2 heterocycles. The average Bonchev–Trinajstić information content (AvgIpc) is 3.11. The molecule has 4 nitrogen and oxygen atoms in total. The highest BCUT2D eigenvalue weighted by atomic mass is 15.3. The Kier molecular flexibility index (Phi) is 3.85. The zero-order valence-corrected chi connectivity index (χ0v) is 11.9. The smallest absolute Gasteiger partial charge is 0.0538 e. The molecule has 0 aliphatic carbocycles. The Bertz CT molecular complexity index is 549. The van der Waals surface area contributed by atoms with Crippen LogP contribution in [0.15, 0.2) is 42.7 Å². The van der Waals surface area contributed by atoms with Crippen molar-refractivity contribution in [3.05, 3.63) is 53.9 Å². The SMILES string of the molecule is Cn1cc(C(CN)N2CCC(c3ccccc3)C2)cn1. The van der Waals surface area contributed by atoms with Gasteiger partial charge >= 0.3 is 0 Å². The Labute approximate surface area is 120 Å². The molecular weight excluding hydrogens is 248 g/mol. The van der Waals surface area contributed by atoms with Gasteiger partial charge in [0.15, 0.2) is 0 Å². The van der Waals surface area contributed by atoms with Gasteiger partial charge in [-0.25, -0.2) is 0 Å². The second-order valence-electron chi connectivity index (χ2n) is 5.59. The third-order valence-electron chi connectivity index (χ3n) is 4.26. The highest BCUT2D eigenvalue weighted by molar-refractivity contribution is 5.22. The van der Waals surface area contributed by atoms with E-state index in [1.807, 2.05) is 17.9 Å². The fourth-order valence-corrected chi connectivity index (χ4v) is 3.18. The fraction of sp³-hybridized carbons (Fsp3) is 0.438. The van der Waals surface area contributed by atoms with Crippen molar-refractivity contribution >= 4 is 0 Å². The van der Waals surface area contributed by atoms with Gasteiger partial charge in [0.05, 0.1) is 12.2 Å². The summed E-state index contributed by atoms with van der Waals surface area (Å²) in [5, 5.41) is 4.27. The summed E-state index contributed by atoms with van der Waals surface area (Å²) in [6.07, 6.45) is 5.22. The lowest BCUT2D eigenvalue weighted by Crippen LogP contribution is -2.31. The first-order chi connectivity index (χ1) is 9.78. The Morgan fingerprint density at radius 3 is 2.80 bits per heavy atom. The van der Waals surface area contributed by atoms with Crippen LogP contribution in [0.2, 0.25) is 0 Å². The van der Waals surface area contributed by atoms with Crippen molar-refractivity contribution < 1.29 is 0 Å². The van der Waals surface area contributed by atoms with Crippen LogP contribution in [0.3, 0.4) is 0 Å². The number of benzene rings is 1. The number of likely N-dealkylation sites (tertiary alicyclic amines) is 1. The predicted molar refractivity (Wildman–Crippen MR) is 80.4 cm³/mol. The van der Waals surface area contributed by atoms with Gasteiger partial charge < -0.3 is 5.73 Å². The molecule has 1 fully saturated rings. The molecule has 2 atom stereocenters. The zero-order chi connectivity index (χ0) is 13.9. The molecule has 2 aromatic rings. The molecule has 2 N–H and O–H groups in total. The summed E-state index contributed by atoms with van der Waals surface area (Å²) < 4.78 is 1.85. The molecule has 1 saturated heterocycles. The molecule has 1 aromatic heterocycles. The van der Waals surface area contributed by atoms with E-state index < -0.39 is 0 Å². The maximum atomic E-state index is 6.00. The summed E-state index contributed by atoms with van der Waals surface area (Å²) in [7, 11) is 1.95. The molecule has 1 aromatic carbocycles. The summed E-state index contributed by atoms with van der Waals surface area (Å²) in [6, 6.07) is 11.1. The van der Waals surface area contributed by atoms with Crippen molar-refractivity contribution in [2.24, 2.45) is 12.8 Å². The van der Waals surface area contributed by atoms with E-state index in [9.17, 15) is 0 Å². The molecule has 4 heteroatoms. The van der Waals surface area contributed by atoms with Crippen molar-refractivity contribution in [2.75, 3.05) is 19.6 Å². The second-order valence-corrected chi connectivity index (χ2v) is 5.59. The normalized spacial score (nSPS) is 21.2. The number of aryl methyl sites for hydroxylation is 1. The van der Waals surface area contributed by atoms with Gasteiger partial charge in [-0.2, -0.15) is 5.10 Å². The highest BCUT2D eigenvalue weighted by Crippen LogP contribution is 2.32. The zero-order valence-electron chi connectivity index (χ0n) is 11.9. The van der Waals surface area contributed by atoms with E-state index in [1.165, 1.54) is 17.5 Å². The van der Waals surface area contributed by atoms with Crippen LogP contribution in [-0.4, -0.2) is 34.3 Å². The van der Waals surface area contributed by atoms with Crippen molar-refractivity contribution in [3.8, 4) is 0 Å². The standard InChI is InChI=1S/C16H22N4/c1-19-11-15(10-18-19)16(9-17)20-8-7-14(12-20)13-5-3-2-4-6-13/h2-6,10-11,14,16H,7-9,12,17H2,1H3. The number of hydrogen-bond donors (Lipinski definition) is 1. The molecule has 0 amide bonds. The summed E-state index contributed by atoms with van der Waals surface area (Å²) >= 11 is 0. The number of nitrogens with zero attached hydrogens (tertiary/aromatic N) is 3. The summed E-state index contributed by atoms with van der Waals surface area (Å²) in [5.41, 5.74) is 8.67. The first kappa shape index (κ1) is 13.3. The van der Waals surface area contributed by atoms with Crippen molar-refractivity contribution in [1.29, 1.82) is 0 Å². The number of nitrogens with two attached hydrogens (primary N) is 1. The molecule has 0 spiro atoms. The molecule has 106 valence electrons. The summed E-state index contributed by atoms with van der Waals surface area (Å²) in [6.45, 7) is 2.84. The lowest BCUT2D eigenvalue weighted by Gasteiger charge is -2.25. The summed E-state index contributed by atoms with van der Waals surface area (Å²) in [5.74, 6) is 0.627. The Hall–Kier alpha value is -1.65. The van der Waals surface area contributed by atoms with Gasteiger partial charge in [-0.1, -0.05) is 30.3 Å². The van der Waals surface area contributed by atoms with Gasteiger partial charge in [0.2, 0.25) is 0 Å². The minimum absolute atomic E-state index is 0.289. The Morgan fingerprint density at radius 1 is 1.35 bits per heavy atom. The van der Waals surface area contributed by atoms with Crippen LogP contribution in [0.25, 0.3) is 0 Å². The first-order valence-corrected chi connectivity index (χ1v) is 7.25. The molecule has 1 aliphatic rings. The quantitative estimate of drug-likeness (QED) is 0.923. The van der Waals surface area contributed by atoms with Gasteiger partial charge in [-0.3, -0.25) is 9.58 Å². The van der Waals surface area contributed by atoms with Crippen LogP contribution in [-0.2, 0) is 7.05 Å². The number of rotatable bonds is 4. The Morgan fingerprint density at radius 2 is 2.15 bits per heavy atom. The molecule has 0 radical (unpaired) electrons. The minimum atomic E-state index is 0.289. The van der Waals surface area contributed by atoms with Gasteiger partial charge in [0.1, 0.15) is 0 Å². The van der Waals surface area contributed by atoms with E-state index in [2.05, 4.69) is 46.5 Å². The largest absolute Gasteiger partial charge is 0.329 e.